The fourth-order valence-electron chi connectivity index (χ4n) is 4.72. The van der Waals surface area contributed by atoms with Crippen molar-refractivity contribution in [2.45, 2.75) is 83.2 Å². The lowest BCUT2D eigenvalue weighted by Gasteiger charge is -2.34. The molecule has 0 aromatic heterocycles. The minimum atomic E-state index is 0.587. The summed E-state index contributed by atoms with van der Waals surface area (Å²) in [5, 5.41) is 7.67. The fraction of sp³-hybridized carbons (Fsp3) is 1.00. The molecule has 3 atom stereocenters. The molecule has 1 aliphatic heterocycles. The van der Waals surface area contributed by atoms with E-state index in [1.807, 2.05) is 0 Å². The van der Waals surface area contributed by atoms with E-state index in [0.717, 1.165) is 18.0 Å². The van der Waals surface area contributed by atoms with Crippen LogP contribution in [-0.2, 0) is 0 Å². The van der Waals surface area contributed by atoms with E-state index in [2.05, 4.69) is 17.6 Å². The number of hydrogen-bond acceptors (Lipinski definition) is 2. The monoisotopic (exact) mass is 264 g/mol. The van der Waals surface area contributed by atoms with Gasteiger partial charge in [0.15, 0.2) is 0 Å². The molecular formula is C17H32N2. The molecule has 19 heavy (non-hydrogen) atoms. The molecule has 0 bridgehead atoms. The van der Waals surface area contributed by atoms with Gasteiger partial charge in [0.2, 0.25) is 0 Å². The van der Waals surface area contributed by atoms with E-state index in [1.54, 1.807) is 0 Å². The molecular weight excluding hydrogens is 232 g/mol. The van der Waals surface area contributed by atoms with Gasteiger partial charge in [0, 0.05) is 25.2 Å². The molecule has 0 spiro atoms. The minimum Gasteiger partial charge on any atom is -0.315 e. The third-order valence-electron chi connectivity index (χ3n) is 5.95. The van der Waals surface area contributed by atoms with Gasteiger partial charge in [-0.2, -0.15) is 0 Å². The summed E-state index contributed by atoms with van der Waals surface area (Å²) in [7, 11) is 0. The van der Waals surface area contributed by atoms with Crippen molar-refractivity contribution in [1.29, 1.82) is 0 Å². The van der Waals surface area contributed by atoms with Crippen molar-refractivity contribution in [3.8, 4) is 0 Å². The van der Waals surface area contributed by atoms with Crippen molar-refractivity contribution in [2.24, 2.45) is 11.3 Å². The standard InChI is InChI=1S/C17H32N2/c1-17(9-5-2-6-10-17)13-18-12-15-11-14-7-3-4-8-16(14)19-15/h14-16,18-19H,2-13H2,1H3. The third kappa shape index (κ3) is 3.52. The van der Waals surface area contributed by atoms with Gasteiger partial charge in [-0.25, -0.2) is 0 Å². The molecule has 0 amide bonds. The second-order valence-corrected chi connectivity index (χ2v) is 7.75. The van der Waals surface area contributed by atoms with E-state index in [1.165, 1.54) is 77.3 Å². The topological polar surface area (TPSA) is 24.1 Å². The predicted octanol–water partition coefficient (Wildman–Crippen LogP) is 3.47. The average Bonchev–Trinajstić information content (AvgIpc) is 2.82. The second-order valence-electron chi connectivity index (χ2n) is 7.75. The minimum absolute atomic E-state index is 0.587. The first-order valence-corrected chi connectivity index (χ1v) is 8.72. The van der Waals surface area contributed by atoms with Crippen molar-refractivity contribution < 1.29 is 0 Å². The van der Waals surface area contributed by atoms with Crippen molar-refractivity contribution in [2.75, 3.05) is 13.1 Å². The average molecular weight is 264 g/mol. The SMILES string of the molecule is CC1(CNCC2CC3CCCCC3N2)CCCCC1. The second kappa shape index (κ2) is 6.13. The molecule has 2 aliphatic carbocycles. The zero-order valence-electron chi connectivity index (χ0n) is 12.7. The van der Waals surface area contributed by atoms with Crippen LogP contribution in [0.3, 0.4) is 0 Å². The Bertz CT molecular complexity index is 269. The maximum absolute atomic E-state index is 3.88. The highest BCUT2D eigenvalue weighted by Crippen LogP contribution is 2.35. The summed E-state index contributed by atoms with van der Waals surface area (Å²) in [4.78, 5) is 0. The van der Waals surface area contributed by atoms with Gasteiger partial charge in [-0.05, 0) is 43.4 Å². The van der Waals surface area contributed by atoms with E-state index in [-0.39, 0.29) is 0 Å². The predicted molar refractivity (Wildman–Crippen MR) is 81.3 cm³/mol. The van der Waals surface area contributed by atoms with Crippen LogP contribution in [0.5, 0.6) is 0 Å². The van der Waals surface area contributed by atoms with Gasteiger partial charge in [-0.1, -0.05) is 39.0 Å². The molecule has 2 saturated carbocycles. The number of hydrogen-bond donors (Lipinski definition) is 2. The number of rotatable bonds is 4. The summed E-state index contributed by atoms with van der Waals surface area (Å²) < 4.78 is 0. The lowest BCUT2D eigenvalue weighted by Crippen LogP contribution is -2.42. The lowest BCUT2D eigenvalue weighted by atomic mass is 9.76. The van der Waals surface area contributed by atoms with Crippen LogP contribution in [0.25, 0.3) is 0 Å². The molecule has 3 fully saturated rings. The van der Waals surface area contributed by atoms with Gasteiger partial charge in [0.05, 0.1) is 0 Å². The Hall–Kier alpha value is -0.0800. The highest BCUT2D eigenvalue weighted by molar-refractivity contribution is 4.94. The number of nitrogens with one attached hydrogen (secondary N) is 2. The van der Waals surface area contributed by atoms with Crippen LogP contribution >= 0.6 is 0 Å². The highest BCUT2D eigenvalue weighted by Gasteiger charge is 2.35. The van der Waals surface area contributed by atoms with Crippen LogP contribution in [0.4, 0.5) is 0 Å². The molecule has 0 aromatic rings. The van der Waals surface area contributed by atoms with E-state index in [9.17, 15) is 0 Å². The highest BCUT2D eigenvalue weighted by atomic mass is 15.0. The van der Waals surface area contributed by atoms with Crippen LogP contribution in [0.2, 0.25) is 0 Å². The van der Waals surface area contributed by atoms with E-state index >= 15 is 0 Å². The molecule has 0 aromatic carbocycles. The Balaban J connectivity index is 1.38. The van der Waals surface area contributed by atoms with Gasteiger partial charge in [0.25, 0.3) is 0 Å². The molecule has 110 valence electrons. The molecule has 1 heterocycles. The van der Waals surface area contributed by atoms with E-state index in [4.69, 9.17) is 0 Å². The molecule has 0 radical (unpaired) electrons. The molecule has 3 unspecified atom stereocenters. The van der Waals surface area contributed by atoms with Crippen LogP contribution in [-0.4, -0.2) is 25.2 Å². The third-order valence-corrected chi connectivity index (χ3v) is 5.95. The van der Waals surface area contributed by atoms with Crippen LogP contribution in [0.1, 0.15) is 71.1 Å². The summed E-state index contributed by atoms with van der Waals surface area (Å²) in [6.45, 7) is 4.92. The molecule has 2 heteroatoms. The zero-order chi connectivity index (χ0) is 13.1. The van der Waals surface area contributed by atoms with Crippen molar-refractivity contribution in [3.63, 3.8) is 0 Å². The van der Waals surface area contributed by atoms with Gasteiger partial charge >= 0.3 is 0 Å². The summed E-state index contributed by atoms with van der Waals surface area (Å²) in [5.41, 5.74) is 0.587. The fourth-order valence-corrected chi connectivity index (χ4v) is 4.72. The summed E-state index contributed by atoms with van der Waals surface area (Å²) in [6.07, 6.45) is 14.5. The van der Waals surface area contributed by atoms with Crippen molar-refractivity contribution in [1.82, 2.24) is 10.6 Å². The van der Waals surface area contributed by atoms with Crippen LogP contribution in [0, 0.1) is 11.3 Å². The van der Waals surface area contributed by atoms with Crippen molar-refractivity contribution >= 4 is 0 Å². The molecule has 1 saturated heterocycles. The summed E-state index contributed by atoms with van der Waals surface area (Å²) in [6, 6.07) is 1.60. The Morgan fingerprint density at radius 2 is 1.84 bits per heavy atom. The van der Waals surface area contributed by atoms with Crippen LogP contribution < -0.4 is 10.6 Å². The molecule has 3 rings (SSSR count). The first-order chi connectivity index (χ1) is 9.25. The van der Waals surface area contributed by atoms with Crippen molar-refractivity contribution in [3.05, 3.63) is 0 Å². The Morgan fingerprint density at radius 3 is 2.63 bits per heavy atom. The Labute approximate surface area is 119 Å². The van der Waals surface area contributed by atoms with Crippen LogP contribution in [0.15, 0.2) is 0 Å². The smallest absolute Gasteiger partial charge is 0.0198 e. The zero-order valence-corrected chi connectivity index (χ0v) is 12.7. The Kier molecular flexibility index (Phi) is 4.48. The van der Waals surface area contributed by atoms with E-state index < -0.39 is 0 Å². The van der Waals surface area contributed by atoms with E-state index in [0.29, 0.717) is 5.41 Å². The Morgan fingerprint density at radius 1 is 1.05 bits per heavy atom. The largest absolute Gasteiger partial charge is 0.315 e. The van der Waals surface area contributed by atoms with Gasteiger partial charge in [0.1, 0.15) is 0 Å². The van der Waals surface area contributed by atoms with Gasteiger partial charge in [-0.15, -0.1) is 0 Å². The first-order valence-electron chi connectivity index (χ1n) is 8.72. The maximum atomic E-state index is 3.88. The molecule has 2 N–H and O–H groups in total. The summed E-state index contributed by atoms with van der Waals surface area (Å²) >= 11 is 0. The van der Waals surface area contributed by atoms with Gasteiger partial charge in [-0.3, -0.25) is 0 Å². The van der Waals surface area contributed by atoms with Gasteiger partial charge < -0.3 is 10.6 Å². The quantitative estimate of drug-likeness (QED) is 0.812. The molecule has 3 aliphatic rings. The normalized spacial score (nSPS) is 38.1. The maximum Gasteiger partial charge on any atom is 0.0198 e. The first kappa shape index (κ1) is 13.9. The molecule has 2 nitrogen and oxygen atoms in total. The summed E-state index contributed by atoms with van der Waals surface area (Å²) in [5.74, 6) is 0.991. The number of fused-ring (bicyclic) bond motifs is 1. The lowest BCUT2D eigenvalue weighted by molar-refractivity contribution is 0.206.